The van der Waals surface area contributed by atoms with Gasteiger partial charge in [-0.15, -0.1) is 11.3 Å². The molecule has 80 valence electrons. The Bertz CT molecular complexity index is 244. The Morgan fingerprint density at radius 3 is 2.57 bits per heavy atom. The molecule has 0 aliphatic carbocycles. The first-order valence-electron chi connectivity index (χ1n) is 5.11. The highest BCUT2D eigenvalue weighted by atomic mass is 32.1. The van der Waals surface area contributed by atoms with Gasteiger partial charge in [-0.05, 0) is 36.9 Å². The average molecular weight is 212 g/mol. The van der Waals surface area contributed by atoms with Crippen molar-refractivity contribution < 1.29 is 0 Å². The van der Waals surface area contributed by atoms with E-state index in [4.69, 9.17) is 5.73 Å². The Hall–Kier alpha value is -0.380. The smallest absolute Gasteiger partial charge is 0.0455 e. The molecular formula is C11H20N2S. The van der Waals surface area contributed by atoms with Crippen LogP contribution < -0.4 is 11.1 Å². The van der Waals surface area contributed by atoms with Gasteiger partial charge in [0.2, 0.25) is 0 Å². The van der Waals surface area contributed by atoms with E-state index in [1.165, 1.54) is 4.88 Å². The van der Waals surface area contributed by atoms with E-state index in [-0.39, 0.29) is 0 Å². The molecular weight excluding hydrogens is 192 g/mol. The highest BCUT2D eigenvalue weighted by molar-refractivity contribution is 7.10. The summed E-state index contributed by atoms with van der Waals surface area (Å²) in [5, 5.41) is 5.49. The van der Waals surface area contributed by atoms with Crippen LogP contribution in [0, 0.1) is 11.8 Å². The molecule has 2 atom stereocenters. The number of hydrogen-bond donors (Lipinski definition) is 2. The lowest BCUT2D eigenvalue weighted by atomic mass is 9.88. The van der Waals surface area contributed by atoms with Gasteiger partial charge in [0.1, 0.15) is 0 Å². The lowest BCUT2D eigenvalue weighted by Crippen LogP contribution is -2.33. The fourth-order valence-corrected chi connectivity index (χ4v) is 2.74. The molecule has 0 aromatic carbocycles. The molecule has 0 aliphatic heterocycles. The van der Waals surface area contributed by atoms with Gasteiger partial charge in [-0.25, -0.2) is 0 Å². The predicted molar refractivity (Wildman–Crippen MR) is 63.5 cm³/mol. The summed E-state index contributed by atoms with van der Waals surface area (Å²) in [5.41, 5.74) is 5.82. The van der Waals surface area contributed by atoms with Crippen LogP contribution in [0.25, 0.3) is 0 Å². The van der Waals surface area contributed by atoms with Crippen LogP contribution in [0.3, 0.4) is 0 Å². The Morgan fingerprint density at radius 2 is 2.21 bits per heavy atom. The molecule has 0 spiro atoms. The molecule has 1 aromatic heterocycles. The van der Waals surface area contributed by atoms with Crippen LogP contribution in [0.15, 0.2) is 17.5 Å². The molecule has 0 fully saturated rings. The molecule has 0 saturated heterocycles. The van der Waals surface area contributed by atoms with Gasteiger partial charge in [-0.3, -0.25) is 0 Å². The number of nitrogens with one attached hydrogen (secondary N) is 1. The minimum absolute atomic E-state index is 0.403. The standard InChI is InChI=1S/C11H20N2S/c1-8(2)9(7-12)11(13-3)10-5-4-6-14-10/h4-6,8-9,11,13H,7,12H2,1-3H3. The number of thiophene rings is 1. The predicted octanol–water partition coefficient (Wildman–Crippen LogP) is 2.24. The average Bonchev–Trinajstić information content (AvgIpc) is 2.65. The first-order valence-corrected chi connectivity index (χ1v) is 5.99. The Kier molecular flexibility index (Phi) is 4.58. The summed E-state index contributed by atoms with van der Waals surface area (Å²) < 4.78 is 0. The molecule has 1 rings (SSSR count). The van der Waals surface area contributed by atoms with Crippen LogP contribution in [0.1, 0.15) is 24.8 Å². The largest absolute Gasteiger partial charge is 0.330 e. The maximum absolute atomic E-state index is 5.82. The first kappa shape index (κ1) is 11.7. The lowest BCUT2D eigenvalue weighted by Gasteiger charge is -2.28. The Morgan fingerprint density at radius 1 is 1.50 bits per heavy atom. The number of hydrogen-bond acceptors (Lipinski definition) is 3. The van der Waals surface area contributed by atoms with Crippen LogP contribution in [0.5, 0.6) is 0 Å². The maximum atomic E-state index is 5.82. The van der Waals surface area contributed by atoms with E-state index < -0.39 is 0 Å². The van der Waals surface area contributed by atoms with E-state index in [1.807, 2.05) is 7.05 Å². The summed E-state index contributed by atoms with van der Waals surface area (Å²) in [5.74, 6) is 1.12. The topological polar surface area (TPSA) is 38.0 Å². The fraction of sp³-hybridized carbons (Fsp3) is 0.636. The van der Waals surface area contributed by atoms with E-state index in [0.717, 1.165) is 6.54 Å². The van der Waals surface area contributed by atoms with E-state index >= 15 is 0 Å². The van der Waals surface area contributed by atoms with Crippen molar-refractivity contribution >= 4 is 11.3 Å². The minimum atomic E-state index is 0.403. The quantitative estimate of drug-likeness (QED) is 0.785. The van der Waals surface area contributed by atoms with Crippen LogP contribution in [-0.2, 0) is 0 Å². The van der Waals surface area contributed by atoms with Gasteiger partial charge in [0, 0.05) is 10.9 Å². The summed E-state index contributed by atoms with van der Waals surface area (Å²) in [6.07, 6.45) is 0. The van der Waals surface area contributed by atoms with Gasteiger partial charge < -0.3 is 11.1 Å². The zero-order valence-corrected chi connectivity index (χ0v) is 9.97. The van der Waals surface area contributed by atoms with Crippen molar-refractivity contribution in [2.75, 3.05) is 13.6 Å². The van der Waals surface area contributed by atoms with Gasteiger partial charge in [0.05, 0.1) is 0 Å². The lowest BCUT2D eigenvalue weighted by molar-refractivity contribution is 0.302. The van der Waals surface area contributed by atoms with Gasteiger partial charge >= 0.3 is 0 Å². The second-order valence-electron chi connectivity index (χ2n) is 3.93. The minimum Gasteiger partial charge on any atom is -0.330 e. The summed E-state index contributed by atoms with van der Waals surface area (Å²) in [4.78, 5) is 1.39. The number of nitrogens with two attached hydrogens (primary N) is 1. The van der Waals surface area contributed by atoms with Gasteiger partial charge in [0.15, 0.2) is 0 Å². The van der Waals surface area contributed by atoms with Crippen LogP contribution in [0.4, 0.5) is 0 Å². The Balaban J connectivity index is 2.79. The third-order valence-corrected chi connectivity index (χ3v) is 3.67. The molecule has 0 aliphatic rings. The van der Waals surface area contributed by atoms with E-state index in [9.17, 15) is 0 Å². The molecule has 2 unspecified atom stereocenters. The van der Waals surface area contributed by atoms with Gasteiger partial charge in [-0.2, -0.15) is 0 Å². The van der Waals surface area contributed by atoms with Crippen molar-refractivity contribution in [2.24, 2.45) is 17.6 Å². The second kappa shape index (κ2) is 5.49. The normalized spacial score (nSPS) is 15.8. The molecule has 14 heavy (non-hydrogen) atoms. The molecule has 1 heterocycles. The summed E-state index contributed by atoms with van der Waals surface area (Å²) in [6, 6.07) is 4.68. The molecule has 0 bridgehead atoms. The fourth-order valence-electron chi connectivity index (χ4n) is 1.83. The molecule has 2 nitrogen and oxygen atoms in total. The van der Waals surface area contributed by atoms with E-state index in [0.29, 0.717) is 17.9 Å². The maximum Gasteiger partial charge on any atom is 0.0455 e. The Labute approximate surface area is 90.5 Å². The highest BCUT2D eigenvalue weighted by Gasteiger charge is 2.23. The third-order valence-electron chi connectivity index (χ3n) is 2.72. The van der Waals surface area contributed by atoms with Crippen LogP contribution in [-0.4, -0.2) is 13.6 Å². The van der Waals surface area contributed by atoms with E-state index in [2.05, 4.69) is 36.7 Å². The zero-order valence-electron chi connectivity index (χ0n) is 9.16. The van der Waals surface area contributed by atoms with Gasteiger partial charge in [-0.1, -0.05) is 19.9 Å². The van der Waals surface area contributed by atoms with Crippen LogP contribution in [0.2, 0.25) is 0 Å². The molecule has 3 N–H and O–H groups in total. The monoisotopic (exact) mass is 212 g/mol. The third kappa shape index (κ3) is 2.56. The molecule has 0 radical (unpaired) electrons. The van der Waals surface area contributed by atoms with Crippen LogP contribution >= 0.6 is 11.3 Å². The summed E-state index contributed by atoms with van der Waals surface area (Å²) in [6.45, 7) is 5.20. The number of rotatable bonds is 5. The highest BCUT2D eigenvalue weighted by Crippen LogP contribution is 2.29. The van der Waals surface area contributed by atoms with Crippen molar-refractivity contribution in [3.8, 4) is 0 Å². The summed E-state index contributed by atoms with van der Waals surface area (Å²) in [7, 11) is 2.01. The SMILES string of the molecule is CNC(c1cccs1)C(CN)C(C)C. The van der Waals surface area contributed by atoms with Crippen molar-refractivity contribution in [2.45, 2.75) is 19.9 Å². The van der Waals surface area contributed by atoms with Crippen molar-refractivity contribution in [3.63, 3.8) is 0 Å². The van der Waals surface area contributed by atoms with Gasteiger partial charge in [0.25, 0.3) is 0 Å². The van der Waals surface area contributed by atoms with E-state index in [1.54, 1.807) is 11.3 Å². The molecule has 1 aromatic rings. The molecule has 0 amide bonds. The zero-order chi connectivity index (χ0) is 10.6. The molecule has 3 heteroatoms. The van der Waals surface area contributed by atoms with Crippen molar-refractivity contribution in [1.29, 1.82) is 0 Å². The first-order chi connectivity index (χ1) is 6.70. The summed E-state index contributed by atoms with van der Waals surface area (Å²) >= 11 is 1.80. The van der Waals surface area contributed by atoms with Crippen molar-refractivity contribution in [3.05, 3.63) is 22.4 Å². The van der Waals surface area contributed by atoms with Crippen molar-refractivity contribution in [1.82, 2.24) is 5.32 Å². The molecule has 0 saturated carbocycles. The second-order valence-corrected chi connectivity index (χ2v) is 4.90.